The fourth-order valence-electron chi connectivity index (χ4n) is 1.26. The van der Waals surface area contributed by atoms with Gasteiger partial charge in [0.25, 0.3) is 5.69 Å². The highest BCUT2D eigenvalue weighted by molar-refractivity contribution is 5.93. The minimum atomic E-state index is -5.08. The summed E-state index contributed by atoms with van der Waals surface area (Å²) in [5, 5.41) is 18.7. The molecule has 0 aliphatic heterocycles. The maximum absolute atomic E-state index is 12.0. The van der Waals surface area contributed by atoms with Crippen molar-refractivity contribution in [3.63, 3.8) is 0 Å². The molecule has 0 fully saturated rings. The SMILES string of the molecule is O=C(Nc1nnc2cc([N+](=O)[O-])ccc2n1)C(F)(F)F. The second kappa shape index (κ2) is 4.68. The first kappa shape index (κ1) is 13.6. The Hall–Kier alpha value is -2.85. The zero-order valence-electron chi connectivity index (χ0n) is 9.38. The molecule has 0 radical (unpaired) electrons. The highest BCUT2D eigenvalue weighted by atomic mass is 19.4. The molecule has 0 unspecified atom stereocenters. The topological polar surface area (TPSA) is 111 Å². The van der Waals surface area contributed by atoms with E-state index < -0.39 is 23.0 Å². The summed E-state index contributed by atoms with van der Waals surface area (Å²) in [6.45, 7) is 0. The van der Waals surface area contributed by atoms with Crippen molar-refractivity contribution in [2.45, 2.75) is 6.18 Å². The molecule has 0 atom stereocenters. The largest absolute Gasteiger partial charge is 0.471 e. The number of fused-ring (bicyclic) bond motifs is 1. The number of hydrogen-bond donors (Lipinski definition) is 1. The van der Waals surface area contributed by atoms with Gasteiger partial charge in [-0.2, -0.15) is 13.2 Å². The first-order chi connectivity index (χ1) is 9.27. The first-order valence-corrected chi connectivity index (χ1v) is 4.94. The maximum atomic E-state index is 12.0. The number of halogens is 3. The van der Waals surface area contributed by atoms with Gasteiger partial charge in [0.1, 0.15) is 5.52 Å². The van der Waals surface area contributed by atoms with Crippen LogP contribution in [0, 0.1) is 10.1 Å². The van der Waals surface area contributed by atoms with E-state index in [1.165, 1.54) is 11.4 Å². The number of rotatable bonds is 2. The summed E-state index contributed by atoms with van der Waals surface area (Å²) in [5.74, 6) is -2.88. The lowest BCUT2D eigenvalue weighted by atomic mass is 10.3. The third kappa shape index (κ3) is 2.76. The summed E-state index contributed by atoms with van der Waals surface area (Å²) in [5.41, 5.74) is -0.187. The quantitative estimate of drug-likeness (QED) is 0.660. The molecule has 1 aromatic carbocycles. The lowest BCUT2D eigenvalue weighted by molar-refractivity contribution is -0.384. The number of nitrogens with one attached hydrogen (secondary N) is 1. The van der Waals surface area contributed by atoms with E-state index in [1.807, 2.05) is 0 Å². The normalized spacial score (nSPS) is 11.3. The molecule has 1 heterocycles. The maximum Gasteiger partial charge on any atom is 0.471 e. The van der Waals surface area contributed by atoms with Crippen LogP contribution in [0.4, 0.5) is 24.8 Å². The number of hydrogen-bond acceptors (Lipinski definition) is 6. The Balaban J connectivity index is 2.33. The van der Waals surface area contributed by atoms with E-state index in [-0.39, 0.29) is 16.7 Å². The Morgan fingerprint density at radius 3 is 2.55 bits per heavy atom. The number of carbonyl (C=O) groups is 1. The number of aromatic nitrogens is 3. The third-order valence-electron chi connectivity index (χ3n) is 2.13. The fourth-order valence-corrected chi connectivity index (χ4v) is 1.26. The van der Waals surface area contributed by atoms with Gasteiger partial charge >= 0.3 is 12.1 Å². The molecule has 2 aromatic rings. The van der Waals surface area contributed by atoms with E-state index >= 15 is 0 Å². The summed E-state index contributed by atoms with van der Waals surface area (Å²) >= 11 is 0. The fraction of sp³-hybridized carbons (Fsp3) is 0.111. The second-order valence-corrected chi connectivity index (χ2v) is 3.52. The third-order valence-corrected chi connectivity index (χ3v) is 2.13. The molecule has 1 aromatic heterocycles. The number of alkyl halides is 3. The average Bonchev–Trinajstić information content (AvgIpc) is 2.36. The van der Waals surface area contributed by atoms with Crippen LogP contribution in [0.3, 0.4) is 0 Å². The Morgan fingerprint density at radius 2 is 1.95 bits per heavy atom. The minimum absolute atomic E-state index is 0.0178. The van der Waals surface area contributed by atoms with Gasteiger partial charge in [-0.05, 0) is 6.07 Å². The van der Waals surface area contributed by atoms with Gasteiger partial charge in [0.2, 0.25) is 5.95 Å². The van der Waals surface area contributed by atoms with Crippen molar-refractivity contribution in [3.05, 3.63) is 28.3 Å². The molecule has 11 heteroatoms. The van der Waals surface area contributed by atoms with E-state index in [0.717, 1.165) is 12.1 Å². The monoisotopic (exact) mass is 287 g/mol. The van der Waals surface area contributed by atoms with Crippen molar-refractivity contribution in [2.75, 3.05) is 5.32 Å². The standard InChI is InChI=1S/C9H4F3N5O3/c10-9(11,12)7(18)14-8-13-5-2-1-4(17(19)20)3-6(5)15-16-8/h1-3H,(H,13,14,16,18). The molecule has 0 bridgehead atoms. The lowest BCUT2D eigenvalue weighted by Crippen LogP contribution is -2.30. The highest BCUT2D eigenvalue weighted by Crippen LogP contribution is 2.19. The van der Waals surface area contributed by atoms with Crippen LogP contribution in [0.2, 0.25) is 0 Å². The van der Waals surface area contributed by atoms with Crippen LogP contribution in [0.15, 0.2) is 18.2 Å². The van der Waals surface area contributed by atoms with E-state index in [2.05, 4.69) is 15.2 Å². The van der Waals surface area contributed by atoms with Gasteiger partial charge in [-0.3, -0.25) is 20.2 Å². The molecule has 8 nitrogen and oxygen atoms in total. The Morgan fingerprint density at radius 1 is 1.25 bits per heavy atom. The zero-order valence-corrected chi connectivity index (χ0v) is 9.38. The van der Waals surface area contributed by atoms with Crippen molar-refractivity contribution in [1.29, 1.82) is 0 Å². The van der Waals surface area contributed by atoms with Crippen LogP contribution >= 0.6 is 0 Å². The van der Waals surface area contributed by atoms with Gasteiger partial charge in [0, 0.05) is 12.1 Å². The highest BCUT2D eigenvalue weighted by Gasteiger charge is 2.39. The van der Waals surface area contributed by atoms with E-state index in [4.69, 9.17) is 0 Å². The average molecular weight is 287 g/mol. The van der Waals surface area contributed by atoms with Crippen LogP contribution in [0.5, 0.6) is 0 Å². The molecule has 104 valence electrons. The second-order valence-electron chi connectivity index (χ2n) is 3.52. The number of nitro groups is 1. The molecular weight excluding hydrogens is 283 g/mol. The summed E-state index contributed by atoms with van der Waals surface area (Å²) in [6, 6.07) is 3.35. The number of nitro benzene ring substituents is 1. The lowest BCUT2D eigenvalue weighted by Gasteiger charge is -2.06. The van der Waals surface area contributed by atoms with Gasteiger partial charge < -0.3 is 0 Å². The zero-order chi connectivity index (χ0) is 14.9. The molecule has 20 heavy (non-hydrogen) atoms. The van der Waals surface area contributed by atoms with Crippen LogP contribution in [0.1, 0.15) is 0 Å². The van der Waals surface area contributed by atoms with Crippen LogP contribution in [0.25, 0.3) is 11.0 Å². The number of benzene rings is 1. The molecule has 2 rings (SSSR count). The molecular formula is C9H4F3N5O3. The Labute approximate surface area is 107 Å². The van der Waals surface area contributed by atoms with E-state index in [0.29, 0.717) is 0 Å². The summed E-state index contributed by atoms with van der Waals surface area (Å²) < 4.78 is 36.1. The molecule has 0 saturated heterocycles. The van der Waals surface area contributed by atoms with Crippen molar-refractivity contribution >= 4 is 28.6 Å². The van der Waals surface area contributed by atoms with Crippen LogP contribution in [-0.2, 0) is 4.79 Å². The van der Waals surface area contributed by atoms with E-state index in [1.54, 1.807) is 0 Å². The van der Waals surface area contributed by atoms with Gasteiger partial charge in [-0.15, -0.1) is 10.2 Å². The number of nitrogens with zero attached hydrogens (tertiary/aromatic N) is 4. The molecule has 1 N–H and O–H groups in total. The van der Waals surface area contributed by atoms with Crippen molar-refractivity contribution in [1.82, 2.24) is 15.2 Å². The predicted octanol–water partition coefficient (Wildman–Crippen LogP) is 1.43. The smallest absolute Gasteiger partial charge is 0.285 e. The Kier molecular flexibility index (Phi) is 3.18. The number of anilines is 1. The van der Waals surface area contributed by atoms with Crippen molar-refractivity contribution in [3.8, 4) is 0 Å². The number of carbonyl (C=O) groups excluding carboxylic acids is 1. The van der Waals surface area contributed by atoms with Gasteiger partial charge in [-0.1, -0.05) is 0 Å². The predicted molar refractivity (Wildman–Crippen MR) is 58.7 cm³/mol. The first-order valence-electron chi connectivity index (χ1n) is 4.94. The van der Waals surface area contributed by atoms with Gasteiger partial charge in [0.05, 0.1) is 10.4 Å². The molecule has 0 spiro atoms. The van der Waals surface area contributed by atoms with E-state index in [9.17, 15) is 28.1 Å². The van der Waals surface area contributed by atoms with Crippen LogP contribution < -0.4 is 5.32 Å². The molecule has 0 aliphatic rings. The molecule has 0 aliphatic carbocycles. The number of non-ortho nitro benzene ring substituents is 1. The summed E-state index contributed by atoms with van der Waals surface area (Å²) in [6.07, 6.45) is -5.08. The Bertz CT molecular complexity index is 703. The summed E-state index contributed by atoms with van der Waals surface area (Å²) in [7, 11) is 0. The number of amides is 1. The minimum Gasteiger partial charge on any atom is -0.285 e. The van der Waals surface area contributed by atoms with Crippen molar-refractivity contribution < 1.29 is 22.9 Å². The molecule has 0 saturated carbocycles. The van der Waals surface area contributed by atoms with Crippen molar-refractivity contribution in [2.24, 2.45) is 0 Å². The molecule has 1 amide bonds. The summed E-state index contributed by atoms with van der Waals surface area (Å²) in [4.78, 5) is 24.1. The van der Waals surface area contributed by atoms with Gasteiger partial charge in [0.15, 0.2) is 0 Å². The van der Waals surface area contributed by atoms with Gasteiger partial charge in [-0.25, -0.2) is 4.98 Å². The van der Waals surface area contributed by atoms with Crippen LogP contribution in [-0.4, -0.2) is 32.2 Å².